The highest BCUT2D eigenvalue weighted by molar-refractivity contribution is 5.76. The van der Waals surface area contributed by atoms with Crippen LogP contribution in [0, 0.1) is 0 Å². The monoisotopic (exact) mass is 170 g/mol. The standard InChI is InChI=1S/C9H18N2O/c1-9(2,3)11-7-4-5-8(12)10-6-7/h7,11H,4-6H2,1-3H3,(H,10,12)/t7-/m1/s1. The van der Waals surface area contributed by atoms with E-state index < -0.39 is 0 Å². The van der Waals surface area contributed by atoms with E-state index in [2.05, 4.69) is 31.4 Å². The molecule has 0 unspecified atom stereocenters. The molecule has 2 N–H and O–H groups in total. The molecule has 12 heavy (non-hydrogen) atoms. The number of carbonyl (C=O) groups is 1. The summed E-state index contributed by atoms with van der Waals surface area (Å²) in [5, 5.41) is 6.32. The van der Waals surface area contributed by atoms with E-state index in [-0.39, 0.29) is 11.4 Å². The number of piperidine rings is 1. The van der Waals surface area contributed by atoms with Crippen LogP contribution in [0.25, 0.3) is 0 Å². The molecule has 0 spiro atoms. The lowest BCUT2D eigenvalue weighted by Crippen LogP contribution is -2.52. The molecule has 1 heterocycles. The van der Waals surface area contributed by atoms with Crippen molar-refractivity contribution in [2.24, 2.45) is 0 Å². The van der Waals surface area contributed by atoms with E-state index in [1.165, 1.54) is 0 Å². The molecule has 0 aliphatic carbocycles. The molecule has 0 aromatic rings. The third kappa shape index (κ3) is 3.22. The second-order valence-electron chi connectivity index (χ2n) is 4.43. The highest BCUT2D eigenvalue weighted by atomic mass is 16.1. The van der Waals surface area contributed by atoms with Crippen LogP contribution in [0.15, 0.2) is 0 Å². The molecule has 1 fully saturated rings. The van der Waals surface area contributed by atoms with Crippen LogP contribution in [-0.4, -0.2) is 24.0 Å². The number of amides is 1. The largest absolute Gasteiger partial charge is 0.355 e. The topological polar surface area (TPSA) is 41.1 Å². The lowest BCUT2D eigenvalue weighted by atomic mass is 10.0. The maximum absolute atomic E-state index is 10.8. The molecule has 0 aromatic heterocycles. The molecule has 3 nitrogen and oxygen atoms in total. The molecule has 1 rings (SSSR count). The Morgan fingerprint density at radius 1 is 1.50 bits per heavy atom. The van der Waals surface area contributed by atoms with Gasteiger partial charge in [-0.05, 0) is 27.2 Å². The van der Waals surface area contributed by atoms with Crippen LogP contribution in [0.5, 0.6) is 0 Å². The van der Waals surface area contributed by atoms with Gasteiger partial charge in [-0.3, -0.25) is 4.79 Å². The molecule has 0 aromatic carbocycles. The van der Waals surface area contributed by atoms with Crippen LogP contribution in [0.3, 0.4) is 0 Å². The van der Waals surface area contributed by atoms with Crippen molar-refractivity contribution in [1.82, 2.24) is 10.6 Å². The van der Waals surface area contributed by atoms with Gasteiger partial charge in [-0.15, -0.1) is 0 Å². The number of hydrogen-bond acceptors (Lipinski definition) is 2. The predicted octanol–water partition coefficient (Wildman–Crippen LogP) is 0.653. The van der Waals surface area contributed by atoms with Crippen LogP contribution in [0.4, 0.5) is 0 Å². The average molecular weight is 170 g/mol. The van der Waals surface area contributed by atoms with Crippen molar-refractivity contribution in [3.8, 4) is 0 Å². The number of rotatable bonds is 1. The fourth-order valence-electron chi connectivity index (χ4n) is 1.47. The molecule has 1 atom stereocenters. The van der Waals surface area contributed by atoms with Crippen molar-refractivity contribution in [2.45, 2.75) is 45.2 Å². The van der Waals surface area contributed by atoms with Crippen molar-refractivity contribution in [2.75, 3.05) is 6.54 Å². The summed E-state index contributed by atoms with van der Waals surface area (Å²) in [5.41, 5.74) is 0.146. The van der Waals surface area contributed by atoms with Gasteiger partial charge in [0.25, 0.3) is 0 Å². The number of nitrogens with one attached hydrogen (secondary N) is 2. The number of carbonyl (C=O) groups excluding carboxylic acids is 1. The fourth-order valence-corrected chi connectivity index (χ4v) is 1.47. The zero-order valence-corrected chi connectivity index (χ0v) is 8.11. The SMILES string of the molecule is CC(C)(C)N[C@@H]1CCC(=O)NC1. The van der Waals surface area contributed by atoms with Gasteiger partial charge in [-0.2, -0.15) is 0 Å². The van der Waals surface area contributed by atoms with Crippen molar-refractivity contribution < 1.29 is 4.79 Å². The van der Waals surface area contributed by atoms with Crippen molar-refractivity contribution in [3.63, 3.8) is 0 Å². The highest BCUT2D eigenvalue weighted by Crippen LogP contribution is 2.08. The Hall–Kier alpha value is -0.570. The first-order chi connectivity index (χ1) is 5.47. The van der Waals surface area contributed by atoms with E-state index in [1.807, 2.05) is 0 Å². The van der Waals surface area contributed by atoms with Gasteiger partial charge >= 0.3 is 0 Å². The minimum Gasteiger partial charge on any atom is -0.355 e. The normalized spacial score (nSPS) is 25.2. The Bertz CT molecular complexity index is 162. The van der Waals surface area contributed by atoms with E-state index in [1.54, 1.807) is 0 Å². The van der Waals surface area contributed by atoms with Crippen LogP contribution in [0.1, 0.15) is 33.6 Å². The minimum atomic E-state index is 0.146. The van der Waals surface area contributed by atoms with Crippen molar-refractivity contribution in [3.05, 3.63) is 0 Å². The molecule has 0 bridgehead atoms. The van der Waals surface area contributed by atoms with E-state index in [0.29, 0.717) is 12.5 Å². The second kappa shape index (κ2) is 3.44. The summed E-state index contributed by atoms with van der Waals surface area (Å²) >= 11 is 0. The maximum atomic E-state index is 10.8. The minimum absolute atomic E-state index is 0.146. The van der Waals surface area contributed by atoms with Gasteiger partial charge in [0.05, 0.1) is 0 Å². The quantitative estimate of drug-likeness (QED) is 0.607. The Morgan fingerprint density at radius 3 is 2.58 bits per heavy atom. The summed E-state index contributed by atoms with van der Waals surface area (Å²) in [7, 11) is 0. The first-order valence-corrected chi connectivity index (χ1v) is 4.52. The highest BCUT2D eigenvalue weighted by Gasteiger charge is 2.21. The summed E-state index contributed by atoms with van der Waals surface area (Å²) in [6.45, 7) is 7.20. The molecular weight excluding hydrogens is 152 g/mol. The van der Waals surface area contributed by atoms with E-state index in [0.717, 1.165) is 13.0 Å². The van der Waals surface area contributed by atoms with Crippen LogP contribution >= 0.6 is 0 Å². The average Bonchev–Trinajstić information content (AvgIpc) is 1.91. The third-order valence-corrected chi connectivity index (χ3v) is 1.90. The molecule has 1 aliphatic rings. The van der Waals surface area contributed by atoms with Gasteiger partial charge in [-0.1, -0.05) is 0 Å². The first kappa shape index (κ1) is 9.52. The molecule has 0 radical (unpaired) electrons. The van der Waals surface area contributed by atoms with Gasteiger partial charge in [0.15, 0.2) is 0 Å². The zero-order valence-electron chi connectivity index (χ0n) is 8.11. The second-order valence-corrected chi connectivity index (χ2v) is 4.43. The smallest absolute Gasteiger partial charge is 0.220 e. The molecule has 1 saturated heterocycles. The lowest BCUT2D eigenvalue weighted by molar-refractivity contribution is -0.122. The van der Waals surface area contributed by atoms with Gasteiger partial charge in [0, 0.05) is 24.5 Å². The molecule has 3 heteroatoms. The molecule has 1 aliphatic heterocycles. The van der Waals surface area contributed by atoms with E-state index in [4.69, 9.17) is 0 Å². The Kier molecular flexibility index (Phi) is 2.73. The zero-order chi connectivity index (χ0) is 9.19. The Morgan fingerprint density at radius 2 is 2.17 bits per heavy atom. The fraction of sp³-hybridized carbons (Fsp3) is 0.889. The molecule has 0 saturated carbocycles. The third-order valence-electron chi connectivity index (χ3n) is 1.90. The van der Waals surface area contributed by atoms with E-state index in [9.17, 15) is 4.79 Å². The molecule has 70 valence electrons. The van der Waals surface area contributed by atoms with Gasteiger partial charge < -0.3 is 10.6 Å². The van der Waals surface area contributed by atoms with Crippen molar-refractivity contribution >= 4 is 5.91 Å². The van der Waals surface area contributed by atoms with Crippen molar-refractivity contribution in [1.29, 1.82) is 0 Å². The first-order valence-electron chi connectivity index (χ1n) is 4.52. The van der Waals surface area contributed by atoms with Crippen LogP contribution in [0.2, 0.25) is 0 Å². The van der Waals surface area contributed by atoms with Gasteiger partial charge in [0.1, 0.15) is 0 Å². The van der Waals surface area contributed by atoms with E-state index >= 15 is 0 Å². The van der Waals surface area contributed by atoms with Crippen LogP contribution < -0.4 is 10.6 Å². The number of hydrogen-bond donors (Lipinski definition) is 2. The van der Waals surface area contributed by atoms with Gasteiger partial charge in [0.2, 0.25) is 5.91 Å². The molecule has 1 amide bonds. The Balaban J connectivity index is 2.31. The predicted molar refractivity (Wildman–Crippen MR) is 48.9 cm³/mol. The van der Waals surface area contributed by atoms with Gasteiger partial charge in [-0.25, -0.2) is 0 Å². The summed E-state index contributed by atoms with van der Waals surface area (Å²) < 4.78 is 0. The Labute approximate surface area is 73.9 Å². The van der Waals surface area contributed by atoms with Crippen LogP contribution in [-0.2, 0) is 4.79 Å². The lowest BCUT2D eigenvalue weighted by Gasteiger charge is -2.31. The molecular formula is C9H18N2O. The summed E-state index contributed by atoms with van der Waals surface area (Å²) in [6.07, 6.45) is 1.62. The maximum Gasteiger partial charge on any atom is 0.220 e. The summed E-state index contributed by atoms with van der Waals surface area (Å²) in [4.78, 5) is 10.8. The summed E-state index contributed by atoms with van der Waals surface area (Å²) in [5.74, 6) is 0.182. The summed E-state index contributed by atoms with van der Waals surface area (Å²) in [6, 6.07) is 0.447.